The number of nitrogens with zero attached hydrogens (tertiary/aromatic N) is 3. The molecule has 0 spiro atoms. The van der Waals surface area contributed by atoms with Gasteiger partial charge in [0.1, 0.15) is 18.3 Å². The van der Waals surface area contributed by atoms with Crippen LogP contribution in [0.1, 0.15) is 31.4 Å². The molecule has 3 aromatic carbocycles. The summed E-state index contributed by atoms with van der Waals surface area (Å²) in [7, 11) is -3.28. The first-order valence-electron chi connectivity index (χ1n) is 13.2. The number of nitrogens with one attached hydrogen (secondary N) is 1. The van der Waals surface area contributed by atoms with E-state index in [0.717, 1.165) is 14.8 Å². The Bertz CT molecular complexity index is 1620. The molecule has 0 saturated heterocycles. The number of hydrogen-bond acceptors (Lipinski definition) is 7. The average molecular weight is 696 g/mol. The minimum Gasteiger partial charge on any atom is -0.495 e. The number of methoxy groups -OCH3 is 1. The molecular weight excluding hydrogens is 664 g/mol. The molecule has 3 aromatic rings. The van der Waals surface area contributed by atoms with Gasteiger partial charge in [-0.05, 0) is 62.2 Å². The van der Waals surface area contributed by atoms with Gasteiger partial charge in [-0.15, -0.1) is 0 Å². The zero-order valence-corrected chi connectivity index (χ0v) is 27.2. The molecule has 43 heavy (non-hydrogen) atoms. The number of aryl methyl sites for hydroxylation is 1. The molecular formula is C29H32BrClN4O7S. The number of sulfonamides is 1. The minimum absolute atomic E-state index is 0.00441. The van der Waals surface area contributed by atoms with Crippen molar-refractivity contribution in [3.05, 3.63) is 91.4 Å². The van der Waals surface area contributed by atoms with Crippen molar-refractivity contribution in [2.24, 2.45) is 0 Å². The topological polar surface area (TPSA) is 139 Å². The highest BCUT2D eigenvalue weighted by molar-refractivity contribution is 9.10. The van der Waals surface area contributed by atoms with Gasteiger partial charge in [0.25, 0.3) is 15.7 Å². The van der Waals surface area contributed by atoms with E-state index in [-0.39, 0.29) is 28.6 Å². The second-order valence-corrected chi connectivity index (χ2v) is 12.9. The third-order valence-electron chi connectivity index (χ3n) is 6.61. The largest absolute Gasteiger partial charge is 0.495 e. The molecule has 0 aliphatic rings. The molecule has 2 amide bonds. The number of anilines is 1. The lowest BCUT2D eigenvalue weighted by molar-refractivity contribution is -0.385. The molecule has 14 heteroatoms. The molecule has 1 N–H and O–H groups in total. The number of halogens is 2. The van der Waals surface area contributed by atoms with E-state index in [9.17, 15) is 28.1 Å². The maximum Gasteiger partial charge on any atom is 0.273 e. The summed E-state index contributed by atoms with van der Waals surface area (Å²) in [4.78, 5) is 38.9. The van der Waals surface area contributed by atoms with Crippen LogP contribution >= 0.6 is 27.5 Å². The summed E-state index contributed by atoms with van der Waals surface area (Å²) in [6.45, 7) is 4.57. The van der Waals surface area contributed by atoms with Crippen molar-refractivity contribution in [1.29, 1.82) is 0 Å². The Kier molecular flexibility index (Phi) is 11.5. The van der Waals surface area contributed by atoms with E-state index in [1.165, 1.54) is 49.3 Å². The second kappa shape index (κ2) is 14.7. The van der Waals surface area contributed by atoms with Crippen LogP contribution in [0.2, 0.25) is 5.02 Å². The lowest BCUT2D eigenvalue weighted by Crippen LogP contribution is -2.51. The van der Waals surface area contributed by atoms with Crippen LogP contribution in [0.3, 0.4) is 0 Å². The molecule has 1 unspecified atom stereocenters. The number of nitro groups is 1. The van der Waals surface area contributed by atoms with E-state index < -0.39 is 49.9 Å². The van der Waals surface area contributed by atoms with Gasteiger partial charge >= 0.3 is 0 Å². The van der Waals surface area contributed by atoms with Crippen molar-refractivity contribution in [3.8, 4) is 5.75 Å². The zero-order chi connectivity index (χ0) is 31.9. The number of ether oxygens (including phenoxy) is 1. The lowest BCUT2D eigenvalue weighted by atomic mass is 10.1. The molecule has 0 fully saturated rings. The summed E-state index contributed by atoms with van der Waals surface area (Å²) in [5, 5.41) is 14.6. The van der Waals surface area contributed by atoms with Gasteiger partial charge < -0.3 is 15.0 Å². The van der Waals surface area contributed by atoms with Gasteiger partial charge in [-0.1, -0.05) is 52.7 Å². The van der Waals surface area contributed by atoms with E-state index in [4.69, 9.17) is 16.3 Å². The van der Waals surface area contributed by atoms with Crippen molar-refractivity contribution < 1.29 is 27.7 Å². The van der Waals surface area contributed by atoms with Gasteiger partial charge in [0, 0.05) is 34.2 Å². The highest BCUT2D eigenvalue weighted by atomic mass is 79.9. The first-order valence-corrected chi connectivity index (χ1v) is 15.8. The van der Waals surface area contributed by atoms with Crippen molar-refractivity contribution in [3.63, 3.8) is 0 Å². The van der Waals surface area contributed by atoms with Crippen LogP contribution in [0.5, 0.6) is 5.75 Å². The number of carbonyl (C=O) groups is 2. The molecule has 0 aliphatic carbocycles. The predicted octanol–water partition coefficient (Wildman–Crippen LogP) is 5.47. The van der Waals surface area contributed by atoms with Crippen molar-refractivity contribution in [2.45, 2.75) is 44.7 Å². The Morgan fingerprint density at radius 2 is 1.86 bits per heavy atom. The summed E-state index contributed by atoms with van der Waals surface area (Å²) in [6.07, 6.45) is 0.682. The smallest absolute Gasteiger partial charge is 0.273 e. The van der Waals surface area contributed by atoms with Crippen molar-refractivity contribution >= 4 is 60.7 Å². The molecule has 3 rings (SSSR count). The van der Waals surface area contributed by atoms with Gasteiger partial charge in [0.05, 0.1) is 22.6 Å². The van der Waals surface area contributed by atoms with Crippen LogP contribution in [0.15, 0.2) is 70.0 Å². The minimum atomic E-state index is -4.61. The van der Waals surface area contributed by atoms with Gasteiger partial charge in [-0.3, -0.25) is 24.0 Å². The predicted molar refractivity (Wildman–Crippen MR) is 168 cm³/mol. The van der Waals surface area contributed by atoms with Crippen LogP contribution in [0.4, 0.5) is 11.4 Å². The van der Waals surface area contributed by atoms with Crippen LogP contribution < -0.4 is 14.4 Å². The van der Waals surface area contributed by atoms with Gasteiger partial charge in [0.15, 0.2) is 0 Å². The van der Waals surface area contributed by atoms with Crippen LogP contribution in [-0.4, -0.2) is 56.3 Å². The molecule has 0 aliphatic heterocycles. The van der Waals surface area contributed by atoms with E-state index in [1.807, 2.05) is 13.0 Å². The number of nitro benzene ring substituents is 1. The molecule has 0 saturated carbocycles. The fourth-order valence-corrected chi connectivity index (χ4v) is 6.31. The first kappa shape index (κ1) is 33.8. The van der Waals surface area contributed by atoms with Crippen LogP contribution in [0.25, 0.3) is 0 Å². The maximum absolute atomic E-state index is 14.2. The number of carbonyl (C=O) groups excluding carboxylic acids is 2. The summed E-state index contributed by atoms with van der Waals surface area (Å²) in [5.41, 5.74) is 0.501. The average Bonchev–Trinajstić information content (AvgIpc) is 2.96. The number of rotatable bonds is 13. The van der Waals surface area contributed by atoms with E-state index in [2.05, 4.69) is 21.2 Å². The fourth-order valence-electron chi connectivity index (χ4n) is 4.26. The molecule has 0 heterocycles. The Morgan fingerprint density at radius 3 is 2.49 bits per heavy atom. The van der Waals surface area contributed by atoms with Gasteiger partial charge in [-0.2, -0.15) is 0 Å². The quantitative estimate of drug-likeness (QED) is 0.185. The normalized spacial score (nSPS) is 11.9. The summed E-state index contributed by atoms with van der Waals surface area (Å²) in [6, 6.07) is 13.9. The standard InChI is InChI=1S/C29H32BrClN4O7S/c1-5-13-32-29(37)20(3)33(17-21-7-6-8-22(30)14-21)28(36)18-34(26-15-23(31)10-12-27(26)42-4)43(40,41)24-11-9-19(2)25(16-24)35(38)39/h6-12,14-16,20H,5,13,17-18H2,1-4H3,(H,32,37). The Hall–Kier alpha value is -3.68. The highest BCUT2D eigenvalue weighted by Gasteiger charge is 2.35. The number of benzene rings is 3. The van der Waals surface area contributed by atoms with E-state index >= 15 is 0 Å². The molecule has 11 nitrogen and oxygen atoms in total. The zero-order valence-electron chi connectivity index (χ0n) is 24.0. The SMILES string of the molecule is CCCNC(=O)C(C)N(Cc1cccc(Br)c1)C(=O)CN(c1cc(Cl)ccc1OC)S(=O)(=O)c1ccc(C)c([N+](=O)[O-])c1. The Balaban J connectivity index is 2.15. The number of amides is 2. The monoisotopic (exact) mass is 694 g/mol. The third-order valence-corrected chi connectivity index (χ3v) is 9.10. The summed E-state index contributed by atoms with van der Waals surface area (Å²) < 4.78 is 35.3. The Labute approximate surface area is 264 Å². The molecule has 0 bridgehead atoms. The molecule has 1 atom stereocenters. The van der Waals surface area contributed by atoms with Crippen LogP contribution in [-0.2, 0) is 26.2 Å². The summed E-state index contributed by atoms with van der Waals surface area (Å²) in [5.74, 6) is -1.02. The maximum atomic E-state index is 14.2. The van der Waals surface area contributed by atoms with E-state index in [0.29, 0.717) is 18.5 Å². The number of hydrogen-bond donors (Lipinski definition) is 1. The fraction of sp³-hybridized carbons (Fsp3) is 0.310. The summed E-state index contributed by atoms with van der Waals surface area (Å²) >= 11 is 9.66. The first-order chi connectivity index (χ1) is 20.3. The lowest BCUT2D eigenvalue weighted by Gasteiger charge is -2.32. The van der Waals surface area contributed by atoms with Crippen molar-refractivity contribution in [2.75, 3.05) is 24.5 Å². The van der Waals surface area contributed by atoms with Crippen LogP contribution in [0, 0.1) is 17.0 Å². The van der Waals surface area contributed by atoms with Gasteiger partial charge in [0.2, 0.25) is 11.8 Å². The Morgan fingerprint density at radius 1 is 1.14 bits per heavy atom. The molecule has 0 aromatic heterocycles. The molecule has 230 valence electrons. The van der Waals surface area contributed by atoms with Gasteiger partial charge in [-0.25, -0.2) is 8.42 Å². The van der Waals surface area contributed by atoms with E-state index in [1.54, 1.807) is 25.1 Å². The molecule has 0 radical (unpaired) electrons. The second-order valence-electron chi connectivity index (χ2n) is 9.65. The third kappa shape index (κ3) is 8.24. The highest BCUT2D eigenvalue weighted by Crippen LogP contribution is 2.36. The van der Waals surface area contributed by atoms with Crippen molar-refractivity contribution in [1.82, 2.24) is 10.2 Å².